The van der Waals surface area contributed by atoms with Gasteiger partial charge in [-0.1, -0.05) is 0 Å². The number of alkyl halides is 3. The van der Waals surface area contributed by atoms with Gasteiger partial charge in [0.25, 0.3) is 5.24 Å². The Morgan fingerprint density at radius 1 is 1.26 bits per heavy atom. The summed E-state index contributed by atoms with van der Waals surface area (Å²) in [5.41, 5.74) is -0.835. The second kappa shape index (κ2) is 7.04. The van der Waals surface area contributed by atoms with Gasteiger partial charge in [0.1, 0.15) is 5.76 Å². The molecule has 8 heteroatoms. The summed E-state index contributed by atoms with van der Waals surface area (Å²) in [5, 5.41) is -0.592. The molecule has 23 heavy (non-hydrogen) atoms. The maximum Gasteiger partial charge on any atom is 0.417 e. The van der Waals surface area contributed by atoms with Gasteiger partial charge in [-0.25, -0.2) is 4.98 Å². The molecule has 124 valence electrons. The summed E-state index contributed by atoms with van der Waals surface area (Å²) >= 11 is 5.31. The van der Waals surface area contributed by atoms with Gasteiger partial charge in [-0.15, -0.1) is 0 Å². The van der Waals surface area contributed by atoms with Gasteiger partial charge >= 0.3 is 6.18 Å². The Hall–Kier alpha value is -2.02. The number of carbonyl (C=O) groups is 1. The molecule has 1 aliphatic rings. The summed E-state index contributed by atoms with van der Waals surface area (Å²) in [7, 11) is 0. The topological polar surface area (TPSA) is 48.4 Å². The lowest BCUT2D eigenvalue weighted by atomic mass is 10.1. The van der Waals surface area contributed by atoms with Crippen molar-refractivity contribution in [1.82, 2.24) is 4.98 Å². The van der Waals surface area contributed by atoms with Crippen LogP contribution in [0.25, 0.3) is 0 Å². The molecule has 0 bridgehead atoms. The zero-order valence-corrected chi connectivity index (χ0v) is 12.8. The second-order valence-corrected chi connectivity index (χ2v) is 5.19. The van der Waals surface area contributed by atoms with E-state index in [0.29, 0.717) is 24.4 Å². The molecular weight excluding hydrogens is 335 g/mol. The van der Waals surface area contributed by atoms with E-state index in [1.807, 2.05) is 0 Å². The molecule has 1 atom stereocenters. The van der Waals surface area contributed by atoms with Crippen molar-refractivity contribution < 1.29 is 27.4 Å². The van der Waals surface area contributed by atoms with Crippen molar-refractivity contribution in [2.24, 2.45) is 0 Å². The smallest absolute Gasteiger partial charge is 0.417 e. The predicted molar refractivity (Wildman–Crippen MR) is 76.7 cm³/mol. The number of ether oxygens (including phenoxy) is 2. The van der Waals surface area contributed by atoms with Crippen molar-refractivity contribution >= 4 is 16.8 Å². The first-order chi connectivity index (χ1) is 10.8. The molecule has 0 amide bonds. The van der Waals surface area contributed by atoms with E-state index in [9.17, 15) is 18.0 Å². The third-order valence-electron chi connectivity index (χ3n) is 3.02. The first-order valence-electron chi connectivity index (χ1n) is 6.72. The Bertz CT molecular complexity index is 638. The Morgan fingerprint density at radius 2 is 1.91 bits per heavy atom. The van der Waals surface area contributed by atoms with Gasteiger partial charge in [-0.05, 0) is 36.7 Å². The molecular formula is C15H13ClF3NO3. The summed E-state index contributed by atoms with van der Waals surface area (Å²) in [6.45, 7) is 1.54. The van der Waals surface area contributed by atoms with Crippen LogP contribution in [0.15, 0.2) is 42.0 Å². The van der Waals surface area contributed by atoms with Crippen LogP contribution in [-0.4, -0.2) is 16.3 Å². The highest BCUT2D eigenvalue weighted by molar-refractivity contribution is 6.64. The van der Waals surface area contributed by atoms with Gasteiger partial charge in [-0.3, -0.25) is 4.79 Å². The summed E-state index contributed by atoms with van der Waals surface area (Å²) in [6.07, 6.45) is -0.255. The van der Waals surface area contributed by atoms with Crippen molar-refractivity contribution in [3.63, 3.8) is 0 Å². The van der Waals surface area contributed by atoms with E-state index in [1.165, 1.54) is 6.92 Å². The fourth-order valence-electron chi connectivity index (χ4n) is 1.80. The minimum atomic E-state index is -4.43. The molecule has 1 aromatic heterocycles. The van der Waals surface area contributed by atoms with Crippen molar-refractivity contribution in [1.29, 1.82) is 0 Å². The average Bonchev–Trinajstić information content (AvgIpc) is 2.49. The Kier molecular flexibility index (Phi) is 5.30. The van der Waals surface area contributed by atoms with Crippen LogP contribution >= 0.6 is 11.6 Å². The van der Waals surface area contributed by atoms with Crippen LogP contribution < -0.4 is 4.74 Å². The lowest BCUT2D eigenvalue weighted by molar-refractivity contribution is -0.137. The Morgan fingerprint density at radius 3 is 2.39 bits per heavy atom. The van der Waals surface area contributed by atoms with Crippen LogP contribution in [0.2, 0.25) is 0 Å². The highest BCUT2D eigenvalue weighted by Crippen LogP contribution is 2.30. The summed E-state index contributed by atoms with van der Waals surface area (Å²) in [6, 6.07) is 2.07. The predicted octanol–water partition coefficient (Wildman–Crippen LogP) is 4.21. The molecule has 4 nitrogen and oxygen atoms in total. The molecule has 1 unspecified atom stereocenters. The molecule has 0 aliphatic heterocycles. The van der Waals surface area contributed by atoms with Crippen LogP contribution in [0.5, 0.6) is 5.88 Å². The standard InChI is InChI=1S/C15H13ClF3NO3/c1-9(14(16)21)22-11-3-5-12(6-4-11)23-13-7-2-10(8-20-13)15(17,18)19/h2-3,5,7-9H,4,6H2,1H3. The van der Waals surface area contributed by atoms with E-state index in [-0.39, 0.29) is 5.88 Å². The first kappa shape index (κ1) is 17.3. The molecule has 1 aliphatic carbocycles. The van der Waals surface area contributed by atoms with Gasteiger partial charge in [0.2, 0.25) is 5.88 Å². The Labute approximate surface area is 135 Å². The van der Waals surface area contributed by atoms with Crippen molar-refractivity contribution in [3.8, 4) is 5.88 Å². The third-order valence-corrected chi connectivity index (χ3v) is 3.33. The largest absolute Gasteiger partial charge is 0.486 e. The summed E-state index contributed by atoms with van der Waals surface area (Å²) < 4.78 is 48.1. The van der Waals surface area contributed by atoms with Crippen molar-refractivity contribution in [2.45, 2.75) is 32.0 Å². The number of nitrogens with zero attached hydrogens (tertiary/aromatic N) is 1. The minimum absolute atomic E-state index is 0.0753. The number of rotatable bonds is 5. The number of pyridine rings is 1. The second-order valence-electron chi connectivity index (χ2n) is 4.82. The molecule has 0 N–H and O–H groups in total. The number of allylic oxidation sites excluding steroid dienone is 4. The molecule has 2 rings (SSSR count). The lowest BCUT2D eigenvalue weighted by Gasteiger charge is -2.18. The molecule has 0 saturated heterocycles. The van der Waals surface area contributed by atoms with Gasteiger partial charge in [0.05, 0.1) is 11.3 Å². The summed E-state index contributed by atoms with van der Waals surface area (Å²) in [5.74, 6) is 1.19. The maximum atomic E-state index is 12.4. The fraction of sp³-hybridized carbons (Fsp3) is 0.333. The molecule has 1 aromatic rings. The SMILES string of the molecule is CC(OC1=CC=C(Oc2ccc(C(F)(F)F)cn2)CC1)C(=O)Cl. The molecule has 0 radical (unpaired) electrons. The van der Waals surface area contributed by atoms with E-state index < -0.39 is 23.1 Å². The van der Waals surface area contributed by atoms with Crippen LogP contribution in [-0.2, 0) is 15.7 Å². The quantitative estimate of drug-likeness (QED) is 0.749. The Balaban J connectivity index is 1.98. The normalized spacial score (nSPS) is 16.2. The van der Waals surface area contributed by atoms with Crippen molar-refractivity contribution in [3.05, 3.63) is 47.6 Å². The number of aromatic nitrogens is 1. The highest BCUT2D eigenvalue weighted by Gasteiger charge is 2.30. The third kappa shape index (κ3) is 4.99. The molecule has 1 heterocycles. The fourth-order valence-corrected chi connectivity index (χ4v) is 1.84. The van der Waals surface area contributed by atoms with E-state index in [1.54, 1.807) is 12.2 Å². The number of hydrogen-bond donors (Lipinski definition) is 0. The van der Waals surface area contributed by atoms with Gasteiger partial charge < -0.3 is 9.47 Å². The van der Waals surface area contributed by atoms with E-state index >= 15 is 0 Å². The number of halogens is 4. The molecule has 0 saturated carbocycles. The van der Waals surface area contributed by atoms with Crippen molar-refractivity contribution in [2.75, 3.05) is 0 Å². The van der Waals surface area contributed by atoms with Gasteiger partial charge in [0.15, 0.2) is 6.10 Å². The highest BCUT2D eigenvalue weighted by atomic mass is 35.5. The van der Waals surface area contributed by atoms with Gasteiger partial charge in [0, 0.05) is 25.1 Å². The zero-order chi connectivity index (χ0) is 17.0. The molecule has 0 aromatic carbocycles. The summed E-state index contributed by atoms with van der Waals surface area (Å²) in [4.78, 5) is 14.5. The maximum absolute atomic E-state index is 12.4. The van der Waals surface area contributed by atoms with Crippen LogP contribution in [0, 0.1) is 0 Å². The molecule has 0 fully saturated rings. The minimum Gasteiger partial charge on any atom is -0.486 e. The lowest BCUT2D eigenvalue weighted by Crippen LogP contribution is -2.16. The van der Waals surface area contributed by atoms with Crippen LogP contribution in [0.3, 0.4) is 0 Å². The monoisotopic (exact) mass is 347 g/mol. The number of hydrogen-bond acceptors (Lipinski definition) is 4. The van der Waals surface area contributed by atoms with Gasteiger partial charge in [-0.2, -0.15) is 13.2 Å². The van der Waals surface area contributed by atoms with E-state index in [4.69, 9.17) is 21.1 Å². The average molecular weight is 348 g/mol. The van der Waals surface area contributed by atoms with Crippen LogP contribution in [0.4, 0.5) is 13.2 Å². The van der Waals surface area contributed by atoms with Crippen LogP contribution in [0.1, 0.15) is 25.3 Å². The molecule has 0 spiro atoms. The van der Waals surface area contributed by atoms with E-state index in [2.05, 4.69) is 4.98 Å². The number of carbonyl (C=O) groups excluding carboxylic acids is 1. The van der Waals surface area contributed by atoms with E-state index in [0.717, 1.165) is 18.3 Å². The zero-order valence-electron chi connectivity index (χ0n) is 12.1. The first-order valence-corrected chi connectivity index (χ1v) is 7.10.